The Balaban J connectivity index is 2.72. The number of fused-ring (bicyclic) bond motifs is 1. The van der Waals surface area contributed by atoms with Gasteiger partial charge >= 0.3 is 0 Å². The van der Waals surface area contributed by atoms with Crippen molar-refractivity contribution in [2.24, 2.45) is 0 Å². The van der Waals surface area contributed by atoms with E-state index < -0.39 is 17.9 Å². The van der Waals surface area contributed by atoms with Crippen molar-refractivity contribution in [1.29, 1.82) is 0 Å². The molecule has 2 nitrogen and oxygen atoms in total. The molecule has 0 aliphatic heterocycles. The zero-order valence-electron chi connectivity index (χ0n) is 7.42. The SMILES string of the molecule is Oc1cc2ccc(Br)cc2nc1C(F)F. The highest BCUT2D eigenvalue weighted by molar-refractivity contribution is 9.10. The van der Waals surface area contributed by atoms with Crippen LogP contribution in [0, 0.1) is 0 Å². The van der Waals surface area contributed by atoms with Gasteiger partial charge in [0.05, 0.1) is 5.52 Å². The van der Waals surface area contributed by atoms with Gasteiger partial charge in [-0.15, -0.1) is 0 Å². The van der Waals surface area contributed by atoms with Crippen LogP contribution in [0.15, 0.2) is 28.7 Å². The maximum Gasteiger partial charge on any atom is 0.284 e. The summed E-state index contributed by atoms with van der Waals surface area (Å²) in [6.07, 6.45) is -2.77. The monoisotopic (exact) mass is 273 g/mol. The lowest BCUT2D eigenvalue weighted by Crippen LogP contribution is -1.91. The summed E-state index contributed by atoms with van der Waals surface area (Å²) in [7, 11) is 0. The van der Waals surface area contributed by atoms with Crippen molar-refractivity contribution < 1.29 is 13.9 Å². The Morgan fingerprint density at radius 2 is 2.00 bits per heavy atom. The molecule has 0 saturated carbocycles. The van der Waals surface area contributed by atoms with E-state index in [4.69, 9.17) is 0 Å². The highest BCUT2D eigenvalue weighted by atomic mass is 79.9. The number of pyridine rings is 1. The topological polar surface area (TPSA) is 33.1 Å². The Morgan fingerprint density at radius 1 is 1.27 bits per heavy atom. The van der Waals surface area contributed by atoms with Crippen molar-refractivity contribution in [2.45, 2.75) is 6.43 Å². The molecule has 1 aromatic heterocycles. The standard InChI is InChI=1S/C10H6BrF2NO/c11-6-2-1-5-3-8(15)9(10(12)13)14-7(5)4-6/h1-4,10,15H. The number of aromatic hydroxyl groups is 1. The summed E-state index contributed by atoms with van der Waals surface area (Å²) in [6.45, 7) is 0. The number of nitrogens with zero attached hydrogens (tertiary/aromatic N) is 1. The van der Waals surface area contributed by atoms with Crippen molar-refractivity contribution in [2.75, 3.05) is 0 Å². The van der Waals surface area contributed by atoms with E-state index in [1.54, 1.807) is 18.2 Å². The summed E-state index contributed by atoms with van der Waals surface area (Å²) in [4.78, 5) is 3.71. The van der Waals surface area contributed by atoms with Crippen LogP contribution in [0.25, 0.3) is 10.9 Å². The lowest BCUT2D eigenvalue weighted by Gasteiger charge is -2.05. The van der Waals surface area contributed by atoms with E-state index in [1.807, 2.05) is 0 Å². The van der Waals surface area contributed by atoms with Crippen molar-refractivity contribution in [3.05, 3.63) is 34.4 Å². The van der Waals surface area contributed by atoms with Crippen LogP contribution in [-0.2, 0) is 0 Å². The fraction of sp³-hybridized carbons (Fsp3) is 0.100. The third kappa shape index (κ3) is 1.92. The Labute approximate surface area is 92.7 Å². The van der Waals surface area contributed by atoms with E-state index in [2.05, 4.69) is 20.9 Å². The number of halogens is 3. The van der Waals surface area contributed by atoms with E-state index in [-0.39, 0.29) is 0 Å². The van der Waals surface area contributed by atoms with Crippen LogP contribution in [0.2, 0.25) is 0 Å². The molecular weight excluding hydrogens is 268 g/mol. The summed E-state index contributed by atoms with van der Waals surface area (Å²) in [5.74, 6) is -0.472. The zero-order valence-corrected chi connectivity index (χ0v) is 9.00. The minimum atomic E-state index is -2.77. The van der Waals surface area contributed by atoms with Gasteiger partial charge in [-0.25, -0.2) is 13.8 Å². The first-order valence-corrected chi connectivity index (χ1v) is 4.94. The van der Waals surface area contributed by atoms with Crippen LogP contribution in [0.1, 0.15) is 12.1 Å². The zero-order chi connectivity index (χ0) is 11.0. The molecule has 0 spiro atoms. The van der Waals surface area contributed by atoms with Gasteiger partial charge in [0.15, 0.2) is 0 Å². The molecular formula is C10H6BrF2NO. The van der Waals surface area contributed by atoms with Crippen molar-refractivity contribution in [3.63, 3.8) is 0 Å². The van der Waals surface area contributed by atoms with Gasteiger partial charge in [-0.3, -0.25) is 0 Å². The average molecular weight is 274 g/mol. The van der Waals surface area contributed by atoms with Gasteiger partial charge in [0, 0.05) is 9.86 Å². The molecule has 0 unspecified atom stereocenters. The van der Waals surface area contributed by atoms with Crippen molar-refractivity contribution in [3.8, 4) is 5.75 Å². The molecule has 0 saturated heterocycles. The van der Waals surface area contributed by atoms with Crippen LogP contribution < -0.4 is 0 Å². The Morgan fingerprint density at radius 3 is 2.67 bits per heavy atom. The molecule has 0 radical (unpaired) electrons. The van der Waals surface area contributed by atoms with Gasteiger partial charge in [-0.05, 0) is 18.2 Å². The van der Waals surface area contributed by atoms with E-state index in [0.29, 0.717) is 10.9 Å². The third-order valence-corrected chi connectivity index (χ3v) is 2.49. The van der Waals surface area contributed by atoms with E-state index in [1.165, 1.54) is 6.07 Å². The number of aromatic nitrogens is 1. The quantitative estimate of drug-likeness (QED) is 0.861. The number of rotatable bonds is 1. The van der Waals surface area contributed by atoms with Gasteiger partial charge in [0.1, 0.15) is 11.4 Å². The largest absolute Gasteiger partial charge is 0.506 e. The summed E-state index contributed by atoms with van der Waals surface area (Å²) in [6, 6.07) is 6.36. The van der Waals surface area contributed by atoms with E-state index in [9.17, 15) is 13.9 Å². The molecule has 78 valence electrons. The normalized spacial score (nSPS) is 11.2. The molecule has 0 amide bonds. The molecule has 1 heterocycles. The Kier molecular flexibility index (Phi) is 2.56. The second-order valence-corrected chi connectivity index (χ2v) is 3.95. The first kappa shape index (κ1) is 10.3. The molecule has 0 bridgehead atoms. The first-order valence-electron chi connectivity index (χ1n) is 4.15. The minimum absolute atomic E-state index is 0.428. The van der Waals surface area contributed by atoms with Gasteiger partial charge < -0.3 is 5.11 Å². The Hall–Kier alpha value is -1.23. The van der Waals surface area contributed by atoms with Crippen LogP contribution in [-0.4, -0.2) is 10.1 Å². The maximum absolute atomic E-state index is 12.4. The van der Waals surface area contributed by atoms with Gasteiger partial charge in [0.25, 0.3) is 6.43 Å². The van der Waals surface area contributed by atoms with Gasteiger partial charge in [0.2, 0.25) is 0 Å². The summed E-state index contributed by atoms with van der Waals surface area (Å²) >= 11 is 3.22. The van der Waals surface area contributed by atoms with Gasteiger partial charge in [-0.1, -0.05) is 22.0 Å². The number of benzene rings is 1. The van der Waals surface area contributed by atoms with E-state index in [0.717, 1.165) is 4.47 Å². The maximum atomic E-state index is 12.4. The second kappa shape index (κ2) is 3.73. The molecule has 0 aliphatic carbocycles. The number of alkyl halides is 2. The number of hydrogen-bond acceptors (Lipinski definition) is 2. The van der Waals surface area contributed by atoms with Crippen LogP contribution in [0.4, 0.5) is 8.78 Å². The molecule has 0 fully saturated rings. The lowest BCUT2D eigenvalue weighted by molar-refractivity contribution is 0.142. The molecule has 2 aromatic rings. The highest BCUT2D eigenvalue weighted by Gasteiger charge is 2.15. The minimum Gasteiger partial charge on any atom is -0.506 e. The predicted octanol–water partition coefficient (Wildman–Crippen LogP) is 3.64. The molecule has 0 atom stereocenters. The molecule has 2 rings (SSSR count). The molecule has 15 heavy (non-hydrogen) atoms. The predicted molar refractivity (Wildman–Crippen MR) is 56.1 cm³/mol. The number of hydrogen-bond donors (Lipinski definition) is 1. The highest BCUT2D eigenvalue weighted by Crippen LogP contribution is 2.30. The molecule has 5 heteroatoms. The first-order chi connectivity index (χ1) is 7.08. The summed E-state index contributed by atoms with van der Waals surface area (Å²) < 4.78 is 25.6. The fourth-order valence-corrected chi connectivity index (χ4v) is 1.65. The second-order valence-electron chi connectivity index (χ2n) is 3.03. The summed E-state index contributed by atoms with van der Waals surface area (Å²) in [5, 5.41) is 9.92. The van der Waals surface area contributed by atoms with Crippen molar-refractivity contribution in [1.82, 2.24) is 4.98 Å². The summed E-state index contributed by atoms with van der Waals surface area (Å²) in [5.41, 5.74) is -0.155. The molecule has 1 N–H and O–H groups in total. The van der Waals surface area contributed by atoms with E-state index >= 15 is 0 Å². The van der Waals surface area contributed by atoms with Gasteiger partial charge in [-0.2, -0.15) is 0 Å². The third-order valence-electron chi connectivity index (χ3n) is 1.99. The fourth-order valence-electron chi connectivity index (χ4n) is 1.30. The van der Waals surface area contributed by atoms with Crippen LogP contribution >= 0.6 is 15.9 Å². The Bertz CT molecular complexity index is 516. The molecule has 1 aromatic carbocycles. The molecule has 0 aliphatic rings. The van der Waals surface area contributed by atoms with Crippen molar-refractivity contribution >= 4 is 26.8 Å². The van der Waals surface area contributed by atoms with Crippen LogP contribution in [0.3, 0.4) is 0 Å². The lowest BCUT2D eigenvalue weighted by atomic mass is 10.2. The van der Waals surface area contributed by atoms with Crippen LogP contribution in [0.5, 0.6) is 5.75 Å². The smallest absolute Gasteiger partial charge is 0.284 e. The average Bonchev–Trinajstić information content (AvgIpc) is 2.17.